The normalized spacial score (nSPS) is 19.6. The predicted molar refractivity (Wildman–Crippen MR) is 147 cm³/mol. The number of aliphatic carboxylic acids is 1. The lowest BCUT2D eigenvalue weighted by molar-refractivity contribution is -0.144. The van der Waals surface area contributed by atoms with Crippen LogP contribution in [0, 0.1) is 11.8 Å². The molecule has 5 rings (SSSR count). The van der Waals surface area contributed by atoms with Gasteiger partial charge in [0.2, 0.25) is 0 Å². The molecule has 3 aromatic heterocycles. The summed E-state index contributed by atoms with van der Waals surface area (Å²) in [4.78, 5) is 30.6. The molecule has 0 bridgehead atoms. The molecule has 0 spiro atoms. The molecule has 10 heteroatoms. The summed E-state index contributed by atoms with van der Waals surface area (Å²) in [6.45, 7) is 4.57. The van der Waals surface area contributed by atoms with Gasteiger partial charge in [0.15, 0.2) is 5.82 Å². The van der Waals surface area contributed by atoms with Gasteiger partial charge >= 0.3 is 11.7 Å². The molecule has 1 aliphatic rings. The number of carboxylic acid groups (broad SMARTS) is 1. The fourth-order valence-electron chi connectivity index (χ4n) is 5.89. The standard InChI is InChI=1S/C29H35N7O3/c1-3-4-8-23-18-36(26-19(2)7-5-6-9-25(26)28(37)38)29(39)35(23)17-22-16-30-15-14-24(22)20-10-12-21(13-11-20)27-31-33-34-32-27/h10-16,18-19,25-26H,3-9,17H2,1-2H3,(H,37,38)(H,31,32,33,34). The molecule has 1 aliphatic carbocycles. The van der Waals surface area contributed by atoms with E-state index in [0.29, 0.717) is 18.8 Å². The maximum Gasteiger partial charge on any atom is 0.328 e. The SMILES string of the molecule is CCCCc1cn(C2C(C)CCCCC2C(=O)O)c(=O)n1Cc1cnccc1-c1ccc(-c2nnn[nH]2)cc1. The zero-order chi connectivity index (χ0) is 27.4. The Bertz CT molecular complexity index is 1460. The van der Waals surface area contributed by atoms with Crippen LogP contribution >= 0.6 is 0 Å². The predicted octanol–water partition coefficient (Wildman–Crippen LogP) is 4.73. The van der Waals surface area contributed by atoms with Gasteiger partial charge < -0.3 is 5.11 Å². The molecule has 0 saturated heterocycles. The minimum atomic E-state index is -0.817. The summed E-state index contributed by atoms with van der Waals surface area (Å²) in [6, 6.07) is 9.53. The molecule has 2 N–H and O–H groups in total. The number of aryl methyl sites for hydroxylation is 1. The molecule has 0 aliphatic heterocycles. The Hall–Kier alpha value is -4.08. The third kappa shape index (κ3) is 5.55. The summed E-state index contributed by atoms with van der Waals surface area (Å²) in [5.41, 5.74) is 4.57. The molecule has 39 heavy (non-hydrogen) atoms. The largest absolute Gasteiger partial charge is 0.481 e. The van der Waals surface area contributed by atoms with Crippen LogP contribution in [-0.2, 0) is 17.8 Å². The average Bonchev–Trinajstić information content (AvgIpc) is 3.53. The third-order valence-corrected chi connectivity index (χ3v) is 7.98. The summed E-state index contributed by atoms with van der Waals surface area (Å²) in [6.07, 6.45) is 11.6. The van der Waals surface area contributed by atoms with Crippen molar-refractivity contribution in [1.82, 2.24) is 34.7 Å². The number of nitrogens with one attached hydrogen (secondary N) is 1. The van der Waals surface area contributed by atoms with Crippen LogP contribution in [0.15, 0.2) is 53.7 Å². The van der Waals surface area contributed by atoms with Crippen molar-refractivity contribution in [2.75, 3.05) is 0 Å². The summed E-state index contributed by atoms with van der Waals surface area (Å²) >= 11 is 0. The summed E-state index contributed by atoms with van der Waals surface area (Å²) in [5, 5.41) is 24.1. The Labute approximate surface area is 227 Å². The molecule has 0 amide bonds. The van der Waals surface area contributed by atoms with Gasteiger partial charge in [-0.05, 0) is 64.8 Å². The lowest BCUT2D eigenvalue weighted by Gasteiger charge is -2.27. The highest BCUT2D eigenvalue weighted by Crippen LogP contribution is 2.37. The van der Waals surface area contributed by atoms with Gasteiger partial charge in [-0.25, -0.2) is 9.89 Å². The van der Waals surface area contributed by atoms with Gasteiger partial charge in [0, 0.05) is 29.8 Å². The number of imidazole rings is 1. The van der Waals surface area contributed by atoms with E-state index in [1.807, 2.05) is 47.3 Å². The summed E-state index contributed by atoms with van der Waals surface area (Å²) < 4.78 is 3.55. The molecule has 1 fully saturated rings. The maximum absolute atomic E-state index is 14.0. The number of hydrogen-bond acceptors (Lipinski definition) is 6. The minimum absolute atomic E-state index is 0.105. The highest BCUT2D eigenvalue weighted by Gasteiger charge is 2.36. The molecule has 204 valence electrons. The molecule has 0 radical (unpaired) electrons. The fourth-order valence-corrected chi connectivity index (χ4v) is 5.89. The average molecular weight is 530 g/mol. The van der Waals surface area contributed by atoms with E-state index in [4.69, 9.17) is 0 Å². The number of hydrogen-bond donors (Lipinski definition) is 2. The maximum atomic E-state index is 14.0. The minimum Gasteiger partial charge on any atom is -0.481 e. The molecule has 3 heterocycles. The van der Waals surface area contributed by atoms with E-state index in [9.17, 15) is 14.7 Å². The van der Waals surface area contributed by atoms with Gasteiger partial charge in [0.05, 0.1) is 18.5 Å². The lowest BCUT2D eigenvalue weighted by atomic mass is 9.88. The monoisotopic (exact) mass is 529 g/mol. The topological polar surface area (TPSA) is 132 Å². The lowest BCUT2D eigenvalue weighted by Crippen LogP contribution is -2.36. The fraction of sp³-hybridized carbons (Fsp3) is 0.448. The van der Waals surface area contributed by atoms with Crippen LogP contribution in [0.5, 0.6) is 0 Å². The van der Waals surface area contributed by atoms with Crippen LogP contribution in [0.3, 0.4) is 0 Å². The molecule has 10 nitrogen and oxygen atoms in total. The number of nitrogens with zero attached hydrogens (tertiary/aromatic N) is 6. The number of carboxylic acids is 1. The first-order valence-electron chi connectivity index (χ1n) is 13.8. The molecular formula is C29H35N7O3. The number of benzene rings is 1. The van der Waals surface area contributed by atoms with Crippen LogP contribution in [0.4, 0.5) is 0 Å². The second-order valence-corrected chi connectivity index (χ2v) is 10.6. The molecule has 4 aromatic rings. The number of rotatable bonds is 9. The van der Waals surface area contributed by atoms with Crippen LogP contribution in [0.1, 0.15) is 69.7 Å². The third-order valence-electron chi connectivity index (χ3n) is 7.98. The van der Waals surface area contributed by atoms with Gasteiger partial charge in [-0.3, -0.25) is 18.9 Å². The summed E-state index contributed by atoms with van der Waals surface area (Å²) in [7, 11) is 0. The highest BCUT2D eigenvalue weighted by atomic mass is 16.4. The zero-order valence-corrected chi connectivity index (χ0v) is 22.5. The number of aromatic nitrogens is 7. The van der Waals surface area contributed by atoms with Gasteiger partial charge in [-0.15, -0.1) is 5.10 Å². The zero-order valence-electron chi connectivity index (χ0n) is 22.5. The molecule has 1 saturated carbocycles. The van der Waals surface area contributed by atoms with E-state index in [0.717, 1.165) is 66.5 Å². The van der Waals surface area contributed by atoms with Crippen molar-refractivity contribution in [3.8, 4) is 22.5 Å². The second-order valence-electron chi connectivity index (χ2n) is 10.6. The van der Waals surface area contributed by atoms with Gasteiger partial charge in [-0.1, -0.05) is 57.4 Å². The van der Waals surface area contributed by atoms with E-state index in [2.05, 4.69) is 39.5 Å². The van der Waals surface area contributed by atoms with E-state index in [1.54, 1.807) is 10.8 Å². The van der Waals surface area contributed by atoms with E-state index in [1.165, 1.54) is 0 Å². The van der Waals surface area contributed by atoms with E-state index >= 15 is 0 Å². The van der Waals surface area contributed by atoms with Crippen LogP contribution in [0.25, 0.3) is 22.5 Å². The summed E-state index contributed by atoms with van der Waals surface area (Å²) in [5.74, 6) is -0.685. The Kier molecular flexibility index (Phi) is 7.99. The van der Waals surface area contributed by atoms with Crippen molar-refractivity contribution >= 4 is 5.97 Å². The highest BCUT2D eigenvalue weighted by molar-refractivity contribution is 5.71. The van der Waals surface area contributed by atoms with Crippen molar-refractivity contribution < 1.29 is 9.90 Å². The van der Waals surface area contributed by atoms with Crippen molar-refractivity contribution in [3.63, 3.8) is 0 Å². The first kappa shape index (κ1) is 26.5. The van der Waals surface area contributed by atoms with Crippen molar-refractivity contribution in [2.45, 2.75) is 71.4 Å². The first-order valence-corrected chi connectivity index (χ1v) is 13.8. The number of H-pyrrole nitrogens is 1. The molecular weight excluding hydrogens is 494 g/mol. The van der Waals surface area contributed by atoms with Gasteiger partial charge in [0.25, 0.3) is 0 Å². The van der Waals surface area contributed by atoms with Gasteiger partial charge in [-0.2, -0.15) is 0 Å². The number of carbonyl (C=O) groups is 1. The second kappa shape index (κ2) is 11.8. The Morgan fingerprint density at radius 2 is 1.90 bits per heavy atom. The molecule has 3 atom stereocenters. The Morgan fingerprint density at radius 3 is 2.62 bits per heavy atom. The van der Waals surface area contributed by atoms with E-state index in [-0.39, 0.29) is 17.6 Å². The molecule has 1 aromatic carbocycles. The number of aromatic amines is 1. The smallest absolute Gasteiger partial charge is 0.328 e. The Balaban J connectivity index is 1.53. The number of pyridine rings is 1. The van der Waals surface area contributed by atoms with Crippen LogP contribution < -0.4 is 5.69 Å². The van der Waals surface area contributed by atoms with Crippen LogP contribution in [0.2, 0.25) is 0 Å². The van der Waals surface area contributed by atoms with E-state index < -0.39 is 11.9 Å². The first-order chi connectivity index (χ1) is 19.0. The Morgan fingerprint density at radius 1 is 1.13 bits per heavy atom. The van der Waals surface area contributed by atoms with Crippen molar-refractivity contribution in [3.05, 3.63) is 70.7 Å². The van der Waals surface area contributed by atoms with Crippen molar-refractivity contribution in [2.24, 2.45) is 11.8 Å². The van der Waals surface area contributed by atoms with Crippen LogP contribution in [-0.4, -0.2) is 45.8 Å². The number of unbranched alkanes of at least 4 members (excludes halogenated alkanes) is 1. The quantitative estimate of drug-likeness (QED) is 0.300. The van der Waals surface area contributed by atoms with Crippen molar-refractivity contribution in [1.29, 1.82) is 0 Å². The van der Waals surface area contributed by atoms with Gasteiger partial charge in [0.1, 0.15) is 0 Å². The molecule has 3 unspecified atom stereocenters. The number of tetrazole rings is 1.